The van der Waals surface area contributed by atoms with Crippen molar-refractivity contribution in [1.82, 2.24) is 15.5 Å². The molecule has 0 bridgehead atoms. The molecule has 1 saturated heterocycles. The molecule has 2 heterocycles. The molecule has 1 N–H and O–H groups in total. The number of nitrogens with one attached hydrogen (secondary N) is 1. The zero-order valence-electron chi connectivity index (χ0n) is 11.7. The fraction of sp³-hybridized carbons (Fsp3) is 0.467. The summed E-state index contributed by atoms with van der Waals surface area (Å²) in [6.07, 6.45) is 2.11. The van der Waals surface area contributed by atoms with E-state index in [9.17, 15) is 4.39 Å². The van der Waals surface area contributed by atoms with Crippen molar-refractivity contribution < 1.29 is 8.91 Å². The van der Waals surface area contributed by atoms with Crippen molar-refractivity contribution in [3.05, 3.63) is 35.5 Å². The van der Waals surface area contributed by atoms with E-state index in [0.717, 1.165) is 31.5 Å². The van der Waals surface area contributed by atoms with E-state index in [1.807, 2.05) is 13.0 Å². The number of nitrogens with zero attached hydrogens (tertiary/aromatic N) is 2. The van der Waals surface area contributed by atoms with Crippen LogP contribution in [0.3, 0.4) is 0 Å². The molecule has 1 fully saturated rings. The van der Waals surface area contributed by atoms with Crippen LogP contribution in [0.2, 0.25) is 0 Å². The maximum Gasteiger partial charge on any atom is 0.234 e. The summed E-state index contributed by atoms with van der Waals surface area (Å²) in [4.78, 5) is 4.47. The van der Waals surface area contributed by atoms with Gasteiger partial charge in [-0.3, -0.25) is 0 Å². The van der Waals surface area contributed by atoms with Gasteiger partial charge in [-0.1, -0.05) is 5.16 Å². The third kappa shape index (κ3) is 2.45. The highest BCUT2D eigenvalue weighted by molar-refractivity contribution is 5.55. The molecule has 1 unspecified atom stereocenters. The Labute approximate surface area is 117 Å². The second-order valence-corrected chi connectivity index (χ2v) is 5.78. The summed E-state index contributed by atoms with van der Waals surface area (Å²) in [6.45, 7) is 5.82. The standard InChI is InChI=1S/C15H18FN3O/c1-10-6-11(8-12(16)7-10)13-18-14(20-19-13)15(2)4-3-5-17-9-15/h6-8,17H,3-5,9H2,1-2H3. The summed E-state index contributed by atoms with van der Waals surface area (Å²) >= 11 is 0. The monoisotopic (exact) mass is 275 g/mol. The average Bonchev–Trinajstić information content (AvgIpc) is 2.89. The van der Waals surface area contributed by atoms with Crippen LogP contribution in [0, 0.1) is 12.7 Å². The lowest BCUT2D eigenvalue weighted by Gasteiger charge is -2.30. The molecule has 20 heavy (non-hydrogen) atoms. The lowest BCUT2D eigenvalue weighted by atomic mass is 9.83. The Morgan fingerprint density at radius 2 is 2.20 bits per heavy atom. The number of piperidine rings is 1. The predicted molar refractivity (Wildman–Crippen MR) is 73.9 cm³/mol. The van der Waals surface area contributed by atoms with Gasteiger partial charge in [-0.05, 0) is 57.0 Å². The van der Waals surface area contributed by atoms with Gasteiger partial charge in [0.2, 0.25) is 11.7 Å². The van der Waals surface area contributed by atoms with Gasteiger partial charge < -0.3 is 9.84 Å². The second kappa shape index (κ2) is 4.98. The fourth-order valence-electron chi connectivity index (χ4n) is 2.69. The van der Waals surface area contributed by atoms with Crippen molar-refractivity contribution in [2.24, 2.45) is 0 Å². The summed E-state index contributed by atoms with van der Waals surface area (Å²) in [7, 11) is 0. The van der Waals surface area contributed by atoms with Gasteiger partial charge in [0.15, 0.2) is 0 Å². The summed E-state index contributed by atoms with van der Waals surface area (Å²) in [5, 5.41) is 7.36. The Morgan fingerprint density at radius 3 is 2.90 bits per heavy atom. The van der Waals surface area contributed by atoms with Gasteiger partial charge in [-0.25, -0.2) is 4.39 Å². The summed E-state index contributed by atoms with van der Waals surface area (Å²) in [6, 6.07) is 4.78. The largest absolute Gasteiger partial charge is 0.338 e. The highest BCUT2D eigenvalue weighted by Gasteiger charge is 2.34. The number of rotatable bonds is 2. The number of aromatic nitrogens is 2. The van der Waals surface area contributed by atoms with Crippen LogP contribution < -0.4 is 5.32 Å². The van der Waals surface area contributed by atoms with E-state index in [-0.39, 0.29) is 11.2 Å². The minimum Gasteiger partial charge on any atom is -0.338 e. The molecule has 1 aromatic carbocycles. The van der Waals surface area contributed by atoms with Gasteiger partial charge in [0.05, 0.1) is 5.41 Å². The first kappa shape index (κ1) is 13.2. The van der Waals surface area contributed by atoms with E-state index in [4.69, 9.17) is 4.52 Å². The van der Waals surface area contributed by atoms with Gasteiger partial charge in [-0.2, -0.15) is 4.98 Å². The summed E-state index contributed by atoms with van der Waals surface area (Å²) in [5.74, 6) is 0.799. The number of aryl methyl sites for hydroxylation is 1. The molecule has 106 valence electrons. The molecular weight excluding hydrogens is 257 g/mol. The summed E-state index contributed by atoms with van der Waals surface area (Å²) in [5.41, 5.74) is 1.37. The third-order valence-electron chi connectivity index (χ3n) is 3.84. The summed E-state index contributed by atoms with van der Waals surface area (Å²) < 4.78 is 18.9. The molecular formula is C15H18FN3O. The number of hydrogen-bond donors (Lipinski definition) is 1. The van der Waals surface area contributed by atoms with Crippen molar-refractivity contribution in [1.29, 1.82) is 0 Å². The predicted octanol–water partition coefficient (Wildman–Crippen LogP) is 2.83. The molecule has 0 spiro atoms. The minimum absolute atomic E-state index is 0.133. The van der Waals surface area contributed by atoms with Crippen molar-refractivity contribution in [3.8, 4) is 11.4 Å². The Kier molecular flexibility index (Phi) is 3.30. The third-order valence-corrected chi connectivity index (χ3v) is 3.84. The molecule has 0 amide bonds. The molecule has 1 aliphatic heterocycles. The van der Waals surface area contributed by atoms with Crippen molar-refractivity contribution in [2.75, 3.05) is 13.1 Å². The van der Waals surface area contributed by atoms with E-state index >= 15 is 0 Å². The molecule has 4 nitrogen and oxygen atoms in total. The van der Waals surface area contributed by atoms with Gasteiger partial charge in [0, 0.05) is 12.1 Å². The highest BCUT2D eigenvalue weighted by atomic mass is 19.1. The smallest absolute Gasteiger partial charge is 0.234 e. The van der Waals surface area contributed by atoms with Gasteiger partial charge in [0.1, 0.15) is 5.82 Å². The number of benzene rings is 1. The van der Waals surface area contributed by atoms with Crippen LogP contribution in [0.5, 0.6) is 0 Å². The fourth-order valence-corrected chi connectivity index (χ4v) is 2.69. The van der Waals surface area contributed by atoms with Crippen LogP contribution >= 0.6 is 0 Å². The van der Waals surface area contributed by atoms with Gasteiger partial charge >= 0.3 is 0 Å². The first-order valence-electron chi connectivity index (χ1n) is 6.89. The second-order valence-electron chi connectivity index (χ2n) is 5.78. The highest BCUT2D eigenvalue weighted by Crippen LogP contribution is 2.31. The Bertz CT molecular complexity index is 597. The van der Waals surface area contributed by atoms with E-state index in [0.29, 0.717) is 17.3 Å². The molecule has 0 aliphatic carbocycles. The molecule has 1 aromatic heterocycles. The number of hydrogen-bond acceptors (Lipinski definition) is 4. The Morgan fingerprint density at radius 1 is 1.35 bits per heavy atom. The molecule has 0 saturated carbocycles. The van der Waals surface area contributed by atoms with Crippen LogP contribution in [-0.2, 0) is 5.41 Å². The molecule has 5 heteroatoms. The molecule has 2 aromatic rings. The van der Waals surface area contributed by atoms with Crippen molar-refractivity contribution in [3.63, 3.8) is 0 Å². The maximum atomic E-state index is 13.5. The van der Waals surface area contributed by atoms with E-state index in [1.165, 1.54) is 12.1 Å². The van der Waals surface area contributed by atoms with Crippen LogP contribution in [0.15, 0.2) is 22.7 Å². The average molecular weight is 275 g/mol. The van der Waals surface area contributed by atoms with E-state index in [2.05, 4.69) is 22.4 Å². The van der Waals surface area contributed by atoms with Crippen LogP contribution in [0.1, 0.15) is 31.2 Å². The van der Waals surface area contributed by atoms with Gasteiger partial charge in [-0.15, -0.1) is 0 Å². The molecule has 3 rings (SSSR count). The lowest BCUT2D eigenvalue weighted by Crippen LogP contribution is -2.41. The Hall–Kier alpha value is -1.75. The van der Waals surface area contributed by atoms with Crippen LogP contribution in [-0.4, -0.2) is 23.2 Å². The van der Waals surface area contributed by atoms with Gasteiger partial charge in [0.25, 0.3) is 0 Å². The van der Waals surface area contributed by atoms with E-state index < -0.39 is 0 Å². The maximum absolute atomic E-state index is 13.5. The van der Waals surface area contributed by atoms with Crippen LogP contribution in [0.25, 0.3) is 11.4 Å². The van der Waals surface area contributed by atoms with Crippen molar-refractivity contribution in [2.45, 2.75) is 32.1 Å². The topological polar surface area (TPSA) is 51.0 Å². The molecule has 0 radical (unpaired) electrons. The zero-order valence-corrected chi connectivity index (χ0v) is 11.7. The molecule has 1 atom stereocenters. The van der Waals surface area contributed by atoms with Crippen LogP contribution in [0.4, 0.5) is 4.39 Å². The van der Waals surface area contributed by atoms with E-state index in [1.54, 1.807) is 0 Å². The zero-order chi connectivity index (χ0) is 14.2. The normalized spacial score (nSPS) is 22.9. The SMILES string of the molecule is Cc1cc(F)cc(-c2noc(C3(C)CCCNC3)n2)c1. The molecule has 1 aliphatic rings. The lowest BCUT2D eigenvalue weighted by molar-refractivity contribution is 0.245. The van der Waals surface area contributed by atoms with Crippen molar-refractivity contribution >= 4 is 0 Å². The number of halogens is 1. The first-order chi connectivity index (χ1) is 9.57. The first-order valence-corrected chi connectivity index (χ1v) is 6.89. The minimum atomic E-state index is -0.281. The Balaban J connectivity index is 1.93. The quantitative estimate of drug-likeness (QED) is 0.915.